The van der Waals surface area contributed by atoms with Gasteiger partial charge in [0.25, 0.3) is 0 Å². The van der Waals surface area contributed by atoms with Gasteiger partial charge in [-0.15, -0.1) is 0 Å². The van der Waals surface area contributed by atoms with E-state index in [0.717, 1.165) is 36.0 Å². The van der Waals surface area contributed by atoms with Crippen molar-refractivity contribution >= 4 is 17.4 Å². The van der Waals surface area contributed by atoms with Crippen LogP contribution in [0.15, 0.2) is 24.3 Å². The summed E-state index contributed by atoms with van der Waals surface area (Å²) in [5, 5.41) is 9.44. The van der Waals surface area contributed by atoms with Crippen LogP contribution in [-0.4, -0.2) is 41.4 Å². The molecule has 4 rings (SSSR count). The van der Waals surface area contributed by atoms with Gasteiger partial charge in [-0.25, -0.2) is 4.68 Å². The number of fused-ring (bicyclic) bond motifs is 1. The van der Waals surface area contributed by atoms with Crippen LogP contribution in [0.2, 0.25) is 5.02 Å². The number of nitrogens with one attached hydrogen (secondary N) is 1. The zero-order valence-electron chi connectivity index (χ0n) is 14.3. The fraction of sp³-hybridized carbons (Fsp3) is 0.526. The van der Waals surface area contributed by atoms with Crippen LogP contribution in [0.5, 0.6) is 0 Å². The van der Waals surface area contributed by atoms with Crippen molar-refractivity contribution in [3.63, 3.8) is 0 Å². The number of benzene rings is 1. The zero-order valence-corrected chi connectivity index (χ0v) is 15.0. The molecule has 1 N–H and O–H groups in total. The number of hydrogen-bond acceptors (Lipinski definition) is 3. The summed E-state index contributed by atoms with van der Waals surface area (Å²) < 4.78 is 2.05. The number of likely N-dealkylation sites (N-methyl/N-ethyl adjacent to an activating group) is 1. The first kappa shape index (κ1) is 16.0. The summed E-state index contributed by atoms with van der Waals surface area (Å²) >= 11 is 6.46. The summed E-state index contributed by atoms with van der Waals surface area (Å²) in [6.07, 6.45) is 6.03. The fourth-order valence-electron chi connectivity index (χ4n) is 4.04. The van der Waals surface area contributed by atoms with Crippen molar-refractivity contribution in [2.75, 3.05) is 32.0 Å². The molecule has 1 atom stereocenters. The van der Waals surface area contributed by atoms with Gasteiger partial charge < -0.3 is 10.2 Å². The van der Waals surface area contributed by atoms with Crippen molar-refractivity contribution in [3.05, 3.63) is 40.5 Å². The highest BCUT2D eigenvalue weighted by Gasteiger charge is 2.28. The summed E-state index contributed by atoms with van der Waals surface area (Å²) in [5.74, 6) is 1.69. The number of halogens is 1. The average Bonchev–Trinajstić information content (AvgIpc) is 2.77. The fourth-order valence-corrected chi connectivity index (χ4v) is 4.26. The molecule has 0 radical (unpaired) electrons. The van der Waals surface area contributed by atoms with Crippen LogP contribution in [0.25, 0.3) is 5.69 Å². The molecule has 0 amide bonds. The van der Waals surface area contributed by atoms with Gasteiger partial charge in [-0.2, -0.15) is 5.10 Å². The van der Waals surface area contributed by atoms with Gasteiger partial charge >= 0.3 is 0 Å². The lowest BCUT2D eigenvalue weighted by atomic mass is 9.91. The van der Waals surface area contributed by atoms with Gasteiger partial charge in [0.15, 0.2) is 0 Å². The molecule has 0 aliphatic carbocycles. The standard InChI is InChI=1S/C19H25ClN4/c1-23-12-6-7-14(13-23)18-15-8-4-5-11-21-19(15)24(22-18)17-10-3-2-9-16(17)20/h2-3,9-10,14,21H,4-8,11-13H2,1H3. The van der Waals surface area contributed by atoms with Gasteiger partial charge in [-0.1, -0.05) is 23.7 Å². The van der Waals surface area contributed by atoms with Gasteiger partial charge in [0.1, 0.15) is 5.82 Å². The summed E-state index contributed by atoms with van der Waals surface area (Å²) in [4.78, 5) is 2.43. The summed E-state index contributed by atoms with van der Waals surface area (Å²) in [5.41, 5.74) is 3.67. The average molecular weight is 345 g/mol. The topological polar surface area (TPSA) is 33.1 Å². The lowest BCUT2D eigenvalue weighted by Gasteiger charge is -2.29. The predicted octanol–water partition coefficient (Wildman–Crippen LogP) is 4.08. The Morgan fingerprint density at radius 3 is 2.92 bits per heavy atom. The third-order valence-corrected chi connectivity index (χ3v) is 5.57. The first-order valence-corrected chi connectivity index (χ1v) is 9.41. The van der Waals surface area contributed by atoms with Gasteiger partial charge in [0, 0.05) is 24.6 Å². The third kappa shape index (κ3) is 2.93. The maximum atomic E-state index is 6.46. The van der Waals surface area contributed by atoms with E-state index in [2.05, 4.69) is 23.3 Å². The molecule has 0 spiro atoms. The lowest BCUT2D eigenvalue weighted by molar-refractivity contribution is 0.247. The number of nitrogens with zero attached hydrogens (tertiary/aromatic N) is 3. The molecule has 0 saturated carbocycles. The highest BCUT2D eigenvalue weighted by molar-refractivity contribution is 6.32. The Morgan fingerprint density at radius 2 is 2.08 bits per heavy atom. The minimum atomic E-state index is 0.529. The van der Waals surface area contributed by atoms with Crippen LogP contribution in [0.3, 0.4) is 0 Å². The molecule has 1 aromatic carbocycles. The van der Waals surface area contributed by atoms with E-state index in [-0.39, 0.29) is 0 Å². The Morgan fingerprint density at radius 1 is 1.21 bits per heavy atom. The number of hydrogen-bond donors (Lipinski definition) is 1. The molecule has 2 aliphatic rings. The summed E-state index contributed by atoms with van der Waals surface area (Å²) in [6, 6.07) is 7.99. The largest absolute Gasteiger partial charge is 0.370 e. The summed E-state index contributed by atoms with van der Waals surface area (Å²) in [7, 11) is 2.22. The summed E-state index contributed by atoms with van der Waals surface area (Å²) in [6.45, 7) is 3.31. The smallest absolute Gasteiger partial charge is 0.133 e. The van der Waals surface area contributed by atoms with Crippen molar-refractivity contribution in [2.45, 2.75) is 38.0 Å². The molecule has 0 bridgehead atoms. The molecule has 2 aromatic rings. The quantitative estimate of drug-likeness (QED) is 0.891. The number of likely N-dealkylation sites (tertiary alicyclic amines) is 1. The highest BCUT2D eigenvalue weighted by Crippen LogP contribution is 2.36. The van der Waals surface area contributed by atoms with Crippen molar-refractivity contribution in [3.8, 4) is 5.69 Å². The Labute approximate surface area is 148 Å². The normalized spacial score (nSPS) is 21.8. The molecule has 1 aromatic heterocycles. The number of anilines is 1. The highest BCUT2D eigenvalue weighted by atomic mass is 35.5. The molecule has 5 heteroatoms. The Kier molecular flexibility index (Phi) is 4.51. The van der Waals surface area contributed by atoms with Crippen molar-refractivity contribution < 1.29 is 0 Å². The SMILES string of the molecule is CN1CCCC(c2nn(-c3ccccc3Cl)c3c2CCCCN3)C1. The predicted molar refractivity (Wildman–Crippen MR) is 99.5 cm³/mol. The second-order valence-electron chi connectivity index (χ2n) is 7.06. The first-order chi connectivity index (χ1) is 11.7. The molecule has 3 heterocycles. The van der Waals surface area contributed by atoms with Crippen LogP contribution in [0, 0.1) is 0 Å². The number of rotatable bonds is 2. The number of para-hydroxylation sites is 1. The van der Waals surface area contributed by atoms with Gasteiger partial charge in [0.05, 0.1) is 16.4 Å². The monoisotopic (exact) mass is 344 g/mol. The molecule has 1 unspecified atom stereocenters. The molecular weight excluding hydrogens is 320 g/mol. The van der Waals surface area contributed by atoms with Crippen molar-refractivity contribution in [1.82, 2.24) is 14.7 Å². The van der Waals surface area contributed by atoms with E-state index >= 15 is 0 Å². The molecular formula is C19H25ClN4. The number of piperidine rings is 1. The maximum absolute atomic E-state index is 6.46. The van der Waals surface area contributed by atoms with Crippen molar-refractivity contribution in [1.29, 1.82) is 0 Å². The maximum Gasteiger partial charge on any atom is 0.133 e. The Bertz CT molecular complexity index is 724. The Balaban J connectivity index is 1.81. The zero-order chi connectivity index (χ0) is 16.5. The van der Waals surface area contributed by atoms with E-state index in [9.17, 15) is 0 Å². The Hall–Kier alpha value is -1.52. The van der Waals surface area contributed by atoms with E-state index < -0.39 is 0 Å². The van der Waals surface area contributed by atoms with E-state index in [1.807, 2.05) is 22.9 Å². The lowest BCUT2D eigenvalue weighted by Crippen LogP contribution is -2.31. The first-order valence-electron chi connectivity index (χ1n) is 9.03. The van der Waals surface area contributed by atoms with E-state index in [1.54, 1.807) is 0 Å². The molecule has 4 nitrogen and oxygen atoms in total. The second kappa shape index (κ2) is 6.77. The number of aromatic nitrogens is 2. The molecule has 24 heavy (non-hydrogen) atoms. The van der Waals surface area contributed by atoms with Crippen molar-refractivity contribution in [2.24, 2.45) is 0 Å². The minimum absolute atomic E-state index is 0.529. The third-order valence-electron chi connectivity index (χ3n) is 5.25. The second-order valence-corrected chi connectivity index (χ2v) is 7.47. The van der Waals surface area contributed by atoms with Crippen LogP contribution in [-0.2, 0) is 6.42 Å². The van der Waals surface area contributed by atoms with Gasteiger partial charge in [-0.3, -0.25) is 0 Å². The van der Waals surface area contributed by atoms with Crippen LogP contribution < -0.4 is 5.32 Å². The van der Waals surface area contributed by atoms with Gasteiger partial charge in [0.2, 0.25) is 0 Å². The molecule has 2 aliphatic heterocycles. The molecule has 128 valence electrons. The minimum Gasteiger partial charge on any atom is -0.370 e. The molecule has 1 saturated heterocycles. The molecule has 1 fully saturated rings. The van der Waals surface area contributed by atoms with Crippen LogP contribution >= 0.6 is 11.6 Å². The van der Waals surface area contributed by atoms with Gasteiger partial charge in [-0.05, 0) is 57.8 Å². The van der Waals surface area contributed by atoms with E-state index in [1.165, 1.54) is 43.5 Å². The van der Waals surface area contributed by atoms with Crippen LogP contribution in [0.1, 0.15) is 42.9 Å². The van der Waals surface area contributed by atoms with Crippen LogP contribution in [0.4, 0.5) is 5.82 Å². The van der Waals surface area contributed by atoms with E-state index in [4.69, 9.17) is 16.7 Å². The van der Waals surface area contributed by atoms with E-state index in [0.29, 0.717) is 5.92 Å².